The van der Waals surface area contributed by atoms with Gasteiger partial charge >= 0.3 is 0 Å². The van der Waals surface area contributed by atoms with Crippen LogP contribution in [0.25, 0.3) is 0 Å². The molecule has 0 aliphatic rings. The van der Waals surface area contributed by atoms with E-state index in [2.05, 4.69) is 10.3 Å². The minimum Gasteiger partial charge on any atom is -0.449 e. The van der Waals surface area contributed by atoms with Crippen LogP contribution in [0.1, 0.15) is 13.8 Å². The van der Waals surface area contributed by atoms with Crippen LogP contribution < -0.4 is 16.6 Å². The maximum atomic E-state index is 11.8. The molecule has 7 nitrogen and oxygen atoms in total. The smallest absolute Gasteiger partial charge is 0.280 e. The van der Waals surface area contributed by atoms with Crippen molar-refractivity contribution in [1.29, 1.82) is 5.41 Å². The van der Waals surface area contributed by atoms with Gasteiger partial charge in [0.1, 0.15) is 0 Å². The van der Waals surface area contributed by atoms with Gasteiger partial charge in [-0.15, -0.1) is 0 Å². The maximum Gasteiger partial charge on any atom is 0.280 e. The van der Waals surface area contributed by atoms with E-state index in [-0.39, 0.29) is 5.56 Å². The van der Waals surface area contributed by atoms with E-state index in [0.717, 1.165) is 0 Å². The van der Waals surface area contributed by atoms with Crippen molar-refractivity contribution >= 4 is 17.6 Å². The average Bonchev–Trinajstić information content (AvgIpc) is 2.19. The molecule has 0 bridgehead atoms. The molecule has 1 amide bonds. The molecule has 0 unspecified atom stereocenters. The molecule has 0 radical (unpaired) electrons. The number of aromatic nitrogens is 1. The number of ether oxygens (including phenoxy) is 1. The summed E-state index contributed by atoms with van der Waals surface area (Å²) in [6.45, 7) is 2.96. The molecule has 1 heterocycles. The van der Waals surface area contributed by atoms with Crippen molar-refractivity contribution in [2.75, 3.05) is 5.32 Å². The number of carbonyl (C=O) groups excluding carboxylic acids is 1. The normalized spacial score (nSPS) is 10.7. The van der Waals surface area contributed by atoms with E-state index in [1.807, 2.05) is 0 Å². The van der Waals surface area contributed by atoms with Crippen molar-refractivity contribution < 1.29 is 9.53 Å². The zero-order valence-corrected chi connectivity index (χ0v) is 9.53. The summed E-state index contributed by atoms with van der Waals surface area (Å²) in [5.41, 5.74) is 3.97. The molecule has 1 rings (SSSR count). The van der Waals surface area contributed by atoms with E-state index in [0.29, 0.717) is 5.69 Å². The monoisotopic (exact) mass is 238 g/mol. The minimum atomic E-state index is -1.26. The zero-order chi connectivity index (χ0) is 13.1. The highest BCUT2D eigenvalue weighted by Gasteiger charge is 2.30. The molecule has 0 atom stereocenters. The highest BCUT2D eigenvalue weighted by Crippen LogP contribution is 2.12. The van der Waals surface area contributed by atoms with Crippen LogP contribution in [0.3, 0.4) is 0 Å². The van der Waals surface area contributed by atoms with E-state index >= 15 is 0 Å². The van der Waals surface area contributed by atoms with E-state index in [1.165, 1.54) is 32.2 Å². The third kappa shape index (κ3) is 3.63. The number of H-pyrrole nitrogens is 1. The van der Waals surface area contributed by atoms with Gasteiger partial charge in [0.15, 0.2) is 5.60 Å². The van der Waals surface area contributed by atoms with Gasteiger partial charge in [-0.2, -0.15) is 0 Å². The predicted octanol–water partition coefficient (Wildman–Crippen LogP) is 0.00207. The summed E-state index contributed by atoms with van der Waals surface area (Å²) in [5.74, 6) is -0.472. The number of aromatic amines is 1. The summed E-state index contributed by atoms with van der Waals surface area (Å²) in [4.78, 5) is 25.0. The maximum absolute atomic E-state index is 11.8. The van der Waals surface area contributed by atoms with Crippen LogP contribution in [0.5, 0.6) is 0 Å². The van der Waals surface area contributed by atoms with Gasteiger partial charge in [0.05, 0.1) is 5.69 Å². The Morgan fingerprint density at radius 3 is 2.65 bits per heavy atom. The van der Waals surface area contributed by atoms with Crippen LogP contribution in [0.15, 0.2) is 23.1 Å². The van der Waals surface area contributed by atoms with Crippen LogP contribution in [0.2, 0.25) is 0 Å². The van der Waals surface area contributed by atoms with Gasteiger partial charge in [0, 0.05) is 12.3 Å². The van der Waals surface area contributed by atoms with E-state index in [1.54, 1.807) is 0 Å². The molecular weight excluding hydrogens is 224 g/mol. The third-order valence-electron chi connectivity index (χ3n) is 1.95. The molecule has 0 saturated heterocycles. The fourth-order valence-electron chi connectivity index (χ4n) is 1.09. The van der Waals surface area contributed by atoms with Crippen LogP contribution in [0, 0.1) is 5.41 Å². The second kappa shape index (κ2) is 4.69. The lowest BCUT2D eigenvalue weighted by Gasteiger charge is -2.23. The van der Waals surface area contributed by atoms with Gasteiger partial charge in [-0.25, -0.2) is 0 Å². The first-order chi connectivity index (χ1) is 7.81. The lowest BCUT2D eigenvalue weighted by molar-refractivity contribution is -0.129. The third-order valence-corrected chi connectivity index (χ3v) is 1.95. The molecule has 1 aromatic rings. The SMILES string of the molecule is CC(C)(OC(=N)N)C(=O)Nc1ccc(=O)[nH]c1. The average molecular weight is 238 g/mol. The lowest BCUT2D eigenvalue weighted by Crippen LogP contribution is -2.43. The molecule has 0 aliphatic heterocycles. The van der Waals surface area contributed by atoms with Crippen molar-refractivity contribution in [2.45, 2.75) is 19.4 Å². The Kier molecular flexibility index (Phi) is 3.52. The van der Waals surface area contributed by atoms with Crippen molar-refractivity contribution in [3.63, 3.8) is 0 Å². The molecule has 0 spiro atoms. The molecule has 1 aromatic heterocycles. The van der Waals surface area contributed by atoms with Gasteiger partial charge in [-0.1, -0.05) is 0 Å². The number of nitrogens with one attached hydrogen (secondary N) is 3. The summed E-state index contributed by atoms with van der Waals surface area (Å²) in [6.07, 6.45) is 1.37. The van der Waals surface area contributed by atoms with Crippen LogP contribution >= 0.6 is 0 Å². The van der Waals surface area contributed by atoms with Gasteiger partial charge in [0.25, 0.3) is 11.9 Å². The largest absolute Gasteiger partial charge is 0.449 e. The number of pyridine rings is 1. The van der Waals surface area contributed by atoms with Crippen molar-refractivity contribution in [3.8, 4) is 0 Å². The lowest BCUT2D eigenvalue weighted by atomic mass is 10.1. The summed E-state index contributed by atoms with van der Waals surface area (Å²) < 4.78 is 4.87. The number of amides is 1. The molecule has 92 valence electrons. The first-order valence-electron chi connectivity index (χ1n) is 4.84. The number of rotatable bonds is 3. The predicted molar refractivity (Wildman–Crippen MR) is 62.8 cm³/mol. The minimum absolute atomic E-state index is 0.262. The first kappa shape index (κ1) is 12.8. The Balaban J connectivity index is 2.75. The van der Waals surface area contributed by atoms with Gasteiger partial charge in [-0.3, -0.25) is 15.0 Å². The number of hydrogen-bond acceptors (Lipinski definition) is 4. The fraction of sp³-hybridized carbons (Fsp3) is 0.300. The summed E-state index contributed by atoms with van der Waals surface area (Å²) in [6, 6.07) is 2.21. The highest BCUT2D eigenvalue weighted by molar-refractivity contribution is 5.97. The Bertz CT molecular complexity index is 472. The van der Waals surface area contributed by atoms with E-state index < -0.39 is 17.5 Å². The summed E-state index contributed by atoms with van der Waals surface area (Å²) in [5, 5.41) is 9.51. The van der Waals surface area contributed by atoms with Gasteiger partial charge in [-0.05, 0) is 19.9 Å². The summed E-state index contributed by atoms with van der Waals surface area (Å²) >= 11 is 0. The Morgan fingerprint density at radius 2 is 2.18 bits per heavy atom. The van der Waals surface area contributed by atoms with Gasteiger partial charge < -0.3 is 20.8 Å². The zero-order valence-electron chi connectivity index (χ0n) is 9.53. The molecule has 0 aliphatic carbocycles. The number of amidine groups is 1. The molecule has 0 fully saturated rings. The molecule has 17 heavy (non-hydrogen) atoms. The molecule has 0 saturated carbocycles. The summed E-state index contributed by atoms with van der Waals surface area (Å²) in [7, 11) is 0. The highest BCUT2D eigenvalue weighted by atomic mass is 16.5. The van der Waals surface area contributed by atoms with E-state index in [9.17, 15) is 9.59 Å². The van der Waals surface area contributed by atoms with Crippen LogP contribution in [-0.4, -0.2) is 22.5 Å². The van der Waals surface area contributed by atoms with Crippen molar-refractivity contribution in [1.82, 2.24) is 4.98 Å². The Labute approximate surface area is 97.5 Å². The number of carbonyl (C=O) groups is 1. The number of anilines is 1. The number of hydrogen-bond donors (Lipinski definition) is 4. The molecule has 0 aromatic carbocycles. The topological polar surface area (TPSA) is 121 Å². The Hall–Kier alpha value is -2.31. The Morgan fingerprint density at radius 1 is 1.53 bits per heavy atom. The first-order valence-corrected chi connectivity index (χ1v) is 4.84. The van der Waals surface area contributed by atoms with Gasteiger partial charge in [0.2, 0.25) is 5.56 Å². The van der Waals surface area contributed by atoms with Crippen molar-refractivity contribution in [2.24, 2.45) is 5.73 Å². The second-order valence-corrected chi connectivity index (χ2v) is 3.87. The van der Waals surface area contributed by atoms with Crippen LogP contribution in [0.4, 0.5) is 5.69 Å². The molecule has 7 heteroatoms. The quantitative estimate of drug-likeness (QED) is 0.437. The standard InChI is InChI=1S/C10H14N4O3/c1-10(2,17-9(11)12)8(16)14-6-3-4-7(15)13-5-6/h3-5H,1-2H3,(H3,11,12)(H,13,15)(H,14,16). The molecular formula is C10H14N4O3. The second-order valence-electron chi connectivity index (χ2n) is 3.87. The van der Waals surface area contributed by atoms with Crippen molar-refractivity contribution in [3.05, 3.63) is 28.7 Å². The fourth-order valence-corrected chi connectivity index (χ4v) is 1.09. The number of nitrogens with two attached hydrogens (primary N) is 1. The van der Waals surface area contributed by atoms with E-state index in [4.69, 9.17) is 15.9 Å². The molecule has 5 N–H and O–H groups in total. The van der Waals surface area contributed by atoms with Crippen LogP contribution in [-0.2, 0) is 9.53 Å².